The third kappa shape index (κ3) is 3.13. The average Bonchev–Trinajstić information content (AvgIpc) is 3.05. The van der Waals surface area contributed by atoms with Crippen LogP contribution >= 0.6 is 0 Å². The fraction of sp³-hybridized carbons (Fsp3) is 0.588. The number of pyridine rings is 1. The van der Waals surface area contributed by atoms with Crippen molar-refractivity contribution >= 4 is 22.7 Å². The molecule has 0 spiro atoms. The Morgan fingerprint density at radius 2 is 2.20 bits per heavy atom. The van der Waals surface area contributed by atoms with Gasteiger partial charge in [0.2, 0.25) is 0 Å². The molecule has 2 aromatic rings. The van der Waals surface area contributed by atoms with E-state index in [1.165, 1.54) is 0 Å². The number of fused-ring (bicyclic) bond motifs is 1. The minimum atomic E-state index is -0.495. The van der Waals surface area contributed by atoms with Crippen LogP contribution in [0, 0.1) is 12.1 Å². The summed E-state index contributed by atoms with van der Waals surface area (Å²) in [6.07, 6.45) is 3.32. The van der Waals surface area contributed by atoms with E-state index in [0.717, 1.165) is 17.6 Å². The molecular weight excluding hydrogens is 324 g/mol. The Morgan fingerprint density at radius 3 is 2.84 bits per heavy atom. The van der Waals surface area contributed by atoms with Gasteiger partial charge in [0.25, 0.3) is 0 Å². The summed E-state index contributed by atoms with van der Waals surface area (Å²) < 4.78 is 13.0. The summed E-state index contributed by atoms with van der Waals surface area (Å²) in [6, 6.07) is 0.178. The number of carbonyl (C=O) groups is 1. The maximum Gasteiger partial charge on any atom is 0.344 e. The second kappa shape index (κ2) is 7.26. The maximum absolute atomic E-state index is 12.7. The van der Waals surface area contributed by atoms with Gasteiger partial charge in [0.15, 0.2) is 0 Å². The lowest BCUT2D eigenvalue weighted by Gasteiger charge is -2.26. The lowest BCUT2D eigenvalue weighted by atomic mass is 10.0. The highest BCUT2D eigenvalue weighted by molar-refractivity contribution is 6.04. The molecule has 1 N–H and O–H groups in total. The molecule has 0 aliphatic carbocycles. The summed E-state index contributed by atoms with van der Waals surface area (Å²) in [5, 5.41) is 21.1. The van der Waals surface area contributed by atoms with E-state index in [-0.39, 0.29) is 18.2 Å². The first kappa shape index (κ1) is 17.5. The monoisotopic (exact) mass is 348 g/mol. The second-order valence-electron chi connectivity index (χ2n) is 6.08. The summed E-state index contributed by atoms with van der Waals surface area (Å²) in [7, 11) is 0. The molecule has 0 saturated carbocycles. The van der Waals surface area contributed by atoms with Crippen LogP contribution in [0.2, 0.25) is 0 Å². The molecule has 0 amide bonds. The van der Waals surface area contributed by atoms with Gasteiger partial charge in [-0.3, -0.25) is 0 Å². The van der Waals surface area contributed by atoms with Crippen LogP contribution in [0.4, 0.5) is 5.69 Å². The predicted molar refractivity (Wildman–Crippen MR) is 92.5 cm³/mol. The van der Waals surface area contributed by atoms with Crippen molar-refractivity contribution in [2.24, 2.45) is 0 Å². The Kier molecular flexibility index (Phi) is 5.08. The van der Waals surface area contributed by atoms with E-state index in [2.05, 4.69) is 10.4 Å². The number of anilines is 1. The van der Waals surface area contributed by atoms with Crippen LogP contribution in [0.1, 0.15) is 42.7 Å². The van der Waals surface area contributed by atoms with E-state index >= 15 is 0 Å². The van der Waals surface area contributed by atoms with Gasteiger partial charge < -0.3 is 20.0 Å². The van der Waals surface area contributed by atoms with E-state index < -0.39 is 5.97 Å². The molecule has 0 unspecified atom stereocenters. The summed E-state index contributed by atoms with van der Waals surface area (Å²) in [6.45, 7) is 7.49. The van der Waals surface area contributed by atoms with Crippen molar-refractivity contribution in [3.63, 3.8) is 0 Å². The van der Waals surface area contributed by atoms with E-state index in [0.29, 0.717) is 42.2 Å². The summed E-state index contributed by atoms with van der Waals surface area (Å²) in [5.74, 6) is -0.495. The number of carbonyl (C=O) groups excluding carboxylic acids is 1. The molecule has 0 aromatic carbocycles. The zero-order valence-corrected chi connectivity index (χ0v) is 14.9. The van der Waals surface area contributed by atoms with Crippen LogP contribution in [0.3, 0.4) is 0 Å². The van der Waals surface area contributed by atoms with Crippen LogP contribution in [0.5, 0.6) is 0 Å². The number of ether oxygens (including phenoxy) is 2. The number of hydrogen-bond donors (Lipinski definition) is 1. The third-order valence-corrected chi connectivity index (χ3v) is 4.54. The number of esters is 1. The van der Waals surface area contributed by atoms with Gasteiger partial charge in [0.1, 0.15) is 23.2 Å². The number of aromatic nitrogens is 3. The minimum absolute atomic E-state index is 0.178. The van der Waals surface area contributed by atoms with Crippen molar-refractivity contribution in [3.8, 4) is 0 Å². The molecule has 8 heteroatoms. The zero-order chi connectivity index (χ0) is 18.0. The van der Waals surface area contributed by atoms with Crippen molar-refractivity contribution in [3.05, 3.63) is 22.7 Å². The first-order valence-electron chi connectivity index (χ1n) is 8.71. The fourth-order valence-electron chi connectivity index (χ4n) is 3.23. The normalized spacial score (nSPS) is 15.5. The standard InChI is InChI=1S/C17H24N4O4/c1-4-20-16-13(10-18-20)15(19-12-6-8-24-9-7-12)14(11(3)21(16)23)17(22)25-5-2/h10,12,19H,4-9H2,1-3H3. The molecule has 25 heavy (non-hydrogen) atoms. The van der Waals surface area contributed by atoms with Crippen LogP contribution in [-0.4, -0.2) is 41.6 Å². The van der Waals surface area contributed by atoms with Gasteiger partial charge in [-0.05, 0) is 33.6 Å². The van der Waals surface area contributed by atoms with Crippen LogP contribution in [-0.2, 0) is 16.0 Å². The SMILES string of the molecule is CCOC(=O)c1c(NC2CCOCC2)c2cnn(CC)c2[n+]([O-])c1C. The van der Waals surface area contributed by atoms with Crippen LogP contribution in [0.15, 0.2) is 6.20 Å². The number of aryl methyl sites for hydroxylation is 1. The molecule has 2 aromatic heterocycles. The topological polar surface area (TPSA) is 92.3 Å². The summed E-state index contributed by atoms with van der Waals surface area (Å²) in [4.78, 5) is 12.5. The van der Waals surface area contributed by atoms with Crippen molar-refractivity contribution < 1.29 is 19.0 Å². The average molecular weight is 348 g/mol. The first-order valence-corrected chi connectivity index (χ1v) is 8.71. The number of hydrogen-bond acceptors (Lipinski definition) is 6. The van der Waals surface area contributed by atoms with E-state index in [1.807, 2.05) is 6.92 Å². The quantitative estimate of drug-likeness (QED) is 0.503. The maximum atomic E-state index is 12.7. The molecule has 3 heterocycles. The molecule has 1 aliphatic heterocycles. The lowest BCUT2D eigenvalue weighted by molar-refractivity contribution is -0.587. The summed E-state index contributed by atoms with van der Waals surface area (Å²) >= 11 is 0. The van der Waals surface area contributed by atoms with Crippen LogP contribution < -0.4 is 10.0 Å². The van der Waals surface area contributed by atoms with E-state index in [9.17, 15) is 10.0 Å². The van der Waals surface area contributed by atoms with Crippen molar-refractivity contribution in [2.45, 2.75) is 46.2 Å². The van der Waals surface area contributed by atoms with Crippen molar-refractivity contribution in [1.82, 2.24) is 9.78 Å². The predicted octanol–water partition coefficient (Wildman–Crippen LogP) is 1.77. The van der Waals surface area contributed by atoms with Crippen molar-refractivity contribution in [1.29, 1.82) is 0 Å². The van der Waals surface area contributed by atoms with Crippen molar-refractivity contribution in [2.75, 3.05) is 25.1 Å². The van der Waals surface area contributed by atoms with Crippen LogP contribution in [0.25, 0.3) is 11.0 Å². The van der Waals surface area contributed by atoms with Gasteiger partial charge in [-0.1, -0.05) is 5.10 Å². The molecule has 0 atom stereocenters. The van der Waals surface area contributed by atoms with Gasteiger partial charge in [-0.2, -0.15) is 0 Å². The fourth-order valence-corrected chi connectivity index (χ4v) is 3.23. The number of rotatable bonds is 5. The Bertz CT molecular complexity index is 781. The molecule has 1 saturated heterocycles. The molecule has 0 bridgehead atoms. The molecule has 0 radical (unpaired) electrons. The van der Waals surface area contributed by atoms with E-state index in [1.54, 1.807) is 24.7 Å². The molecular formula is C17H24N4O4. The Labute approximate surface area is 146 Å². The highest BCUT2D eigenvalue weighted by Gasteiger charge is 2.29. The largest absolute Gasteiger partial charge is 0.710 e. The third-order valence-electron chi connectivity index (χ3n) is 4.54. The highest BCUT2D eigenvalue weighted by Crippen LogP contribution is 2.30. The molecule has 1 fully saturated rings. The lowest BCUT2D eigenvalue weighted by Crippen LogP contribution is -2.37. The zero-order valence-electron chi connectivity index (χ0n) is 14.9. The summed E-state index contributed by atoms with van der Waals surface area (Å²) in [5.41, 5.74) is 1.68. The Balaban J connectivity index is 2.18. The smallest absolute Gasteiger partial charge is 0.344 e. The Morgan fingerprint density at radius 1 is 1.48 bits per heavy atom. The molecule has 8 nitrogen and oxygen atoms in total. The molecule has 3 rings (SSSR count). The van der Waals surface area contributed by atoms with Gasteiger partial charge in [-0.25, -0.2) is 9.52 Å². The van der Waals surface area contributed by atoms with Gasteiger partial charge in [0, 0.05) is 19.3 Å². The van der Waals surface area contributed by atoms with Gasteiger partial charge in [0.05, 0.1) is 18.5 Å². The molecule has 136 valence electrons. The Hall–Kier alpha value is -2.35. The molecule has 1 aliphatic rings. The second-order valence-corrected chi connectivity index (χ2v) is 6.08. The van der Waals surface area contributed by atoms with Gasteiger partial charge >= 0.3 is 11.6 Å². The van der Waals surface area contributed by atoms with E-state index in [4.69, 9.17) is 9.47 Å². The highest BCUT2D eigenvalue weighted by atomic mass is 16.5. The number of nitrogens with one attached hydrogen (secondary N) is 1. The number of nitrogens with zero attached hydrogens (tertiary/aromatic N) is 3. The minimum Gasteiger partial charge on any atom is -0.710 e. The first-order chi connectivity index (χ1) is 12.1. The van der Waals surface area contributed by atoms with Gasteiger partial charge in [-0.15, -0.1) is 4.68 Å².